The van der Waals surface area contributed by atoms with E-state index in [4.69, 9.17) is 11.2 Å². The monoisotopic (exact) mass is 205 g/mol. The summed E-state index contributed by atoms with van der Waals surface area (Å²) in [6.45, 7) is 6.36. The summed E-state index contributed by atoms with van der Waals surface area (Å²) in [6, 6.07) is 1.93. The van der Waals surface area contributed by atoms with E-state index in [1.807, 2.05) is 19.9 Å². The Kier molecular flexibility index (Phi) is 3.56. The number of hydrogen-bond acceptors (Lipinski definition) is 2. The maximum Gasteiger partial charge on any atom is 0.355 e. The number of carbonyl (C=O) groups is 1. The fraction of sp³-hybridized carbons (Fsp3) is 0.417. The molecule has 0 bridgehead atoms. The molecule has 0 fully saturated rings. The predicted octanol–water partition coefficient (Wildman–Crippen LogP) is 1.91. The van der Waals surface area contributed by atoms with Crippen molar-refractivity contribution in [1.82, 2.24) is 4.57 Å². The molecule has 80 valence electrons. The van der Waals surface area contributed by atoms with Crippen LogP contribution in [0.3, 0.4) is 0 Å². The van der Waals surface area contributed by atoms with Crippen LogP contribution in [0.4, 0.5) is 0 Å². The second-order valence-electron chi connectivity index (χ2n) is 3.33. The van der Waals surface area contributed by atoms with Crippen LogP contribution in [0.5, 0.6) is 0 Å². The molecule has 0 spiro atoms. The minimum atomic E-state index is -0.307. The van der Waals surface area contributed by atoms with Crippen molar-refractivity contribution in [3.05, 3.63) is 23.0 Å². The molecule has 1 rings (SSSR count). The Morgan fingerprint density at radius 1 is 1.60 bits per heavy atom. The highest BCUT2D eigenvalue weighted by Gasteiger charge is 2.17. The first kappa shape index (κ1) is 11.4. The summed E-state index contributed by atoms with van der Waals surface area (Å²) < 4.78 is 6.78. The second-order valence-corrected chi connectivity index (χ2v) is 3.33. The van der Waals surface area contributed by atoms with Crippen molar-refractivity contribution >= 4 is 5.97 Å². The van der Waals surface area contributed by atoms with E-state index in [0.29, 0.717) is 18.8 Å². The molecule has 0 aliphatic rings. The fourth-order valence-corrected chi connectivity index (χ4v) is 1.61. The molecule has 0 atom stereocenters. The Hall–Kier alpha value is -1.69. The third-order valence-corrected chi connectivity index (χ3v) is 2.21. The molecule has 1 aromatic heterocycles. The van der Waals surface area contributed by atoms with E-state index in [0.717, 1.165) is 11.3 Å². The molecule has 1 aromatic rings. The number of ether oxygens (including phenoxy) is 1. The molecule has 3 heteroatoms. The van der Waals surface area contributed by atoms with E-state index in [9.17, 15) is 4.79 Å². The van der Waals surface area contributed by atoms with Gasteiger partial charge in [-0.1, -0.05) is 5.92 Å². The molecule has 15 heavy (non-hydrogen) atoms. The maximum atomic E-state index is 11.7. The number of carbonyl (C=O) groups excluding carboxylic acids is 1. The van der Waals surface area contributed by atoms with Gasteiger partial charge in [0.25, 0.3) is 0 Å². The van der Waals surface area contributed by atoms with E-state index < -0.39 is 0 Å². The van der Waals surface area contributed by atoms with Crippen LogP contribution in [0.15, 0.2) is 6.07 Å². The zero-order chi connectivity index (χ0) is 11.4. The van der Waals surface area contributed by atoms with Crippen molar-refractivity contribution in [2.45, 2.75) is 27.3 Å². The zero-order valence-corrected chi connectivity index (χ0v) is 9.33. The summed E-state index contributed by atoms with van der Waals surface area (Å²) in [5.41, 5.74) is 2.45. The Balaban J connectivity index is 3.15. The van der Waals surface area contributed by atoms with Gasteiger partial charge in [0.05, 0.1) is 13.2 Å². The van der Waals surface area contributed by atoms with E-state index in [1.54, 1.807) is 11.5 Å². The average molecular weight is 205 g/mol. The van der Waals surface area contributed by atoms with Crippen LogP contribution in [-0.2, 0) is 11.3 Å². The summed E-state index contributed by atoms with van der Waals surface area (Å²) in [6.07, 6.45) is 5.26. The SMILES string of the molecule is C#CCn1c(C)cc(C)c1C(=O)OCC. The molecule has 0 saturated carbocycles. The first-order valence-corrected chi connectivity index (χ1v) is 4.89. The van der Waals surface area contributed by atoms with Gasteiger partial charge in [-0.2, -0.15) is 0 Å². The van der Waals surface area contributed by atoms with Crippen molar-refractivity contribution in [2.75, 3.05) is 6.61 Å². The van der Waals surface area contributed by atoms with Gasteiger partial charge >= 0.3 is 5.97 Å². The Morgan fingerprint density at radius 3 is 2.80 bits per heavy atom. The molecule has 0 aliphatic heterocycles. The number of nitrogens with zero attached hydrogens (tertiary/aromatic N) is 1. The van der Waals surface area contributed by atoms with E-state index in [1.165, 1.54) is 0 Å². The van der Waals surface area contributed by atoms with Crippen LogP contribution in [0.1, 0.15) is 28.7 Å². The third kappa shape index (κ3) is 2.21. The van der Waals surface area contributed by atoms with Gasteiger partial charge in [-0.05, 0) is 32.4 Å². The molecule has 3 nitrogen and oxygen atoms in total. The summed E-state index contributed by atoms with van der Waals surface area (Å²) in [5, 5.41) is 0. The van der Waals surface area contributed by atoms with E-state index in [-0.39, 0.29) is 5.97 Å². The van der Waals surface area contributed by atoms with Gasteiger partial charge in [0.15, 0.2) is 0 Å². The number of terminal acetylenes is 1. The number of hydrogen-bond donors (Lipinski definition) is 0. The van der Waals surface area contributed by atoms with Crippen molar-refractivity contribution in [3.8, 4) is 12.3 Å². The van der Waals surface area contributed by atoms with Gasteiger partial charge in [0.1, 0.15) is 5.69 Å². The van der Waals surface area contributed by atoms with Gasteiger partial charge in [-0.25, -0.2) is 4.79 Å². The quantitative estimate of drug-likeness (QED) is 0.557. The molecular weight excluding hydrogens is 190 g/mol. The first-order valence-electron chi connectivity index (χ1n) is 4.89. The Labute approximate surface area is 90.0 Å². The van der Waals surface area contributed by atoms with Crippen LogP contribution in [0, 0.1) is 26.2 Å². The van der Waals surface area contributed by atoms with Gasteiger partial charge in [-0.3, -0.25) is 0 Å². The number of esters is 1. The molecule has 1 heterocycles. The maximum absolute atomic E-state index is 11.7. The lowest BCUT2D eigenvalue weighted by Gasteiger charge is -2.08. The minimum Gasteiger partial charge on any atom is -0.461 e. The highest BCUT2D eigenvalue weighted by molar-refractivity contribution is 5.89. The molecule has 0 saturated heterocycles. The van der Waals surface area contributed by atoms with Gasteiger partial charge in [0.2, 0.25) is 0 Å². The highest BCUT2D eigenvalue weighted by atomic mass is 16.5. The van der Waals surface area contributed by atoms with Crippen LogP contribution in [0.2, 0.25) is 0 Å². The molecule has 0 unspecified atom stereocenters. The second kappa shape index (κ2) is 4.70. The largest absolute Gasteiger partial charge is 0.461 e. The Morgan fingerprint density at radius 2 is 2.27 bits per heavy atom. The molecule has 0 aliphatic carbocycles. The van der Waals surface area contributed by atoms with Gasteiger partial charge < -0.3 is 9.30 Å². The van der Waals surface area contributed by atoms with Crippen LogP contribution >= 0.6 is 0 Å². The predicted molar refractivity (Wildman–Crippen MR) is 58.7 cm³/mol. The minimum absolute atomic E-state index is 0.307. The van der Waals surface area contributed by atoms with Gasteiger partial charge in [0, 0.05) is 5.69 Å². The van der Waals surface area contributed by atoms with Crippen LogP contribution in [0.25, 0.3) is 0 Å². The Bertz CT molecular complexity index is 410. The fourth-order valence-electron chi connectivity index (χ4n) is 1.61. The molecule has 0 aromatic carbocycles. The normalized spacial score (nSPS) is 9.73. The summed E-state index contributed by atoms with van der Waals surface area (Å²) in [7, 11) is 0. The summed E-state index contributed by atoms with van der Waals surface area (Å²) in [4.78, 5) is 11.7. The lowest BCUT2D eigenvalue weighted by atomic mass is 10.2. The smallest absolute Gasteiger partial charge is 0.355 e. The standard InChI is InChI=1S/C12H15NO2/c1-5-7-13-10(4)8-9(3)11(13)12(14)15-6-2/h1,8H,6-7H2,2-4H3. The van der Waals surface area contributed by atoms with Crippen molar-refractivity contribution in [3.63, 3.8) is 0 Å². The number of aryl methyl sites for hydroxylation is 2. The zero-order valence-electron chi connectivity index (χ0n) is 9.33. The molecular formula is C12H15NO2. The third-order valence-electron chi connectivity index (χ3n) is 2.21. The van der Waals surface area contributed by atoms with Crippen molar-refractivity contribution in [1.29, 1.82) is 0 Å². The van der Waals surface area contributed by atoms with Crippen molar-refractivity contribution < 1.29 is 9.53 Å². The highest BCUT2D eigenvalue weighted by Crippen LogP contribution is 2.15. The number of rotatable bonds is 3. The lowest BCUT2D eigenvalue weighted by Crippen LogP contribution is -2.13. The first-order chi connectivity index (χ1) is 7.11. The lowest BCUT2D eigenvalue weighted by molar-refractivity contribution is 0.0513. The molecule has 0 radical (unpaired) electrons. The summed E-state index contributed by atoms with van der Waals surface area (Å²) in [5.74, 6) is 2.22. The van der Waals surface area contributed by atoms with Crippen LogP contribution < -0.4 is 0 Å². The number of aromatic nitrogens is 1. The average Bonchev–Trinajstić information content (AvgIpc) is 2.43. The summed E-state index contributed by atoms with van der Waals surface area (Å²) >= 11 is 0. The van der Waals surface area contributed by atoms with E-state index in [2.05, 4.69) is 5.92 Å². The molecule has 0 amide bonds. The van der Waals surface area contributed by atoms with E-state index >= 15 is 0 Å². The topological polar surface area (TPSA) is 31.2 Å². The van der Waals surface area contributed by atoms with Crippen molar-refractivity contribution in [2.24, 2.45) is 0 Å². The van der Waals surface area contributed by atoms with Gasteiger partial charge in [-0.15, -0.1) is 6.42 Å². The van der Waals surface area contributed by atoms with Crippen LogP contribution in [-0.4, -0.2) is 17.1 Å². The molecule has 0 N–H and O–H groups in total.